The summed E-state index contributed by atoms with van der Waals surface area (Å²) in [5.74, 6) is 0.926. The standard InChI is InChI=1S/C18H18ClN5O2/c1-13(14-5-3-2-4-6-14)20-18(25)11-24-17(21-22-23-24)12-26-16-9-7-15(19)8-10-16/h2-10,13H,11-12H2,1H3,(H,20,25). The van der Waals surface area contributed by atoms with Crippen molar-refractivity contribution in [2.24, 2.45) is 0 Å². The van der Waals surface area contributed by atoms with Crippen LogP contribution in [-0.2, 0) is 17.9 Å². The minimum Gasteiger partial charge on any atom is -0.486 e. The number of carbonyl (C=O) groups excluding carboxylic acids is 1. The third-order valence-electron chi connectivity index (χ3n) is 3.76. The van der Waals surface area contributed by atoms with E-state index in [1.54, 1.807) is 24.3 Å². The van der Waals surface area contributed by atoms with Crippen LogP contribution in [0.2, 0.25) is 5.02 Å². The number of amides is 1. The molecule has 134 valence electrons. The Kier molecular flexibility index (Phi) is 5.80. The van der Waals surface area contributed by atoms with Crippen LogP contribution in [-0.4, -0.2) is 26.1 Å². The maximum atomic E-state index is 12.3. The summed E-state index contributed by atoms with van der Waals surface area (Å²) in [4.78, 5) is 12.3. The van der Waals surface area contributed by atoms with Gasteiger partial charge in [0.1, 0.15) is 18.9 Å². The summed E-state index contributed by atoms with van der Waals surface area (Å²) in [6.07, 6.45) is 0. The quantitative estimate of drug-likeness (QED) is 0.690. The van der Waals surface area contributed by atoms with Crippen molar-refractivity contribution in [1.29, 1.82) is 0 Å². The third kappa shape index (κ3) is 4.80. The summed E-state index contributed by atoms with van der Waals surface area (Å²) in [5, 5.41) is 14.9. The van der Waals surface area contributed by atoms with Crippen molar-refractivity contribution in [3.8, 4) is 5.75 Å². The van der Waals surface area contributed by atoms with E-state index < -0.39 is 0 Å². The first-order chi connectivity index (χ1) is 12.6. The molecule has 1 heterocycles. The Balaban J connectivity index is 1.56. The molecule has 8 heteroatoms. The van der Waals surface area contributed by atoms with Gasteiger partial charge in [0.2, 0.25) is 5.91 Å². The van der Waals surface area contributed by atoms with Gasteiger partial charge in [-0.1, -0.05) is 41.9 Å². The second-order valence-electron chi connectivity index (χ2n) is 5.70. The average Bonchev–Trinajstić information content (AvgIpc) is 3.08. The first-order valence-corrected chi connectivity index (χ1v) is 8.47. The predicted octanol–water partition coefficient (Wildman–Crippen LogP) is 2.78. The third-order valence-corrected chi connectivity index (χ3v) is 4.01. The molecule has 0 aliphatic heterocycles. The molecular formula is C18H18ClN5O2. The van der Waals surface area contributed by atoms with E-state index in [1.165, 1.54) is 4.68 Å². The molecule has 0 saturated carbocycles. The molecule has 1 amide bonds. The van der Waals surface area contributed by atoms with Gasteiger partial charge in [0.05, 0.1) is 6.04 Å². The van der Waals surface area contributed by atoms with Crippen molar-refractivity contribution in [3.05, 3.63) is 71.0 Å². The number of carbonyl (C=O) groups is 1. The van der Waals surface area contributed by atoms with Crippen LogP contribution >= 0.6 is 11.6 Å². The lowest BCUT2D eigenvalue weighted by Crippen LogP contribution is -2.31. The fourth-order valence-corrected chi connectivity index (χ4v) is 2.50. The Morgan fingerprint density at radius 3 is 2.65 bits per heavy atom. The van der Waals surface area contributed by atoms with Crippen molar-refractivity contribution >= 4 is 17.5 Å². The lowest BCUT2D eigenvalue weighted by Gasteiger charge is -2.14. The molecule has 1 N–H and O–H groups in total. The Bertz CT molecular complexity index is 852. The molecule has 0 saturated heterocycles. The van der Waals surface area contributed by atoms with Gasteiger partial charge in [-0.25, -0.2) is 4.68 Å². The summed E-state index contributed by atoms with van der Waals surface area (Å²) < 4.78 is 7.04. The normalized spacial score (nSPS) is 11.8. The number of hydrogen-bond donors (Lipinski definition) is 1. The molecule has 2 aromatic carbocycles. The molecule has 0 spiro atoms. The van der Waals surface area contributed by atoms with E-state index in [-0.39, 0.29) is 25.1 Å². The molecule has 0 aliphatic rings. The zero-order valence-corrected chi connectivity index (χ0v) is 14.9. The highest BCUT2D eigenvalue weighted by Crippen LogP contribution is 2.16. The van der Waals surface area contributed by atoms with Crippen LogP contribution in [0.4, 0.5) is 0 Å². The van der Waals surface area contributed by atoms with E-state index in [1.807, 2.05) is 37.3 Å². The second kappa shape index (κ2) is 8.44. The first kappa shape index (κ1) is 17.9. The smallest absolute Gasteiger partial charge is 0.242 e. The molecule has 0 bridgehead atoms. The van der Waals surface area contributed by atoms with Crippen LogP contribution in [0.25, 0.3) is 0 Å². The summed E-state index contributed by atoms with van der Waals surface area (Å²) in [6, 6.07) is 16.6. The van der Waals surface area contributed by atoms with E-state index in [9.17, 15) is 4.79 Å². The van der Waals surface area contributed by atoms with E-state index in [2.05, 4.69) is 20.8 Å². The van der Waals surface area contributed by atoms with E-state index in [0.717, 1.165) is 5.56 Å². The van der Waals surface area contributed by atoms with Crippen LogP contribution in [0.3, 0.4) is 0 Å². The topological polar surface area (TPSA) is 81.9 Å². The lowest BCUT2D eigenvalue weighted by atomic mass is 10.1. The summed E-state index contributed by atoms with van der Waals surface area (Å²) in [5.41, 5.74) is 1.03. The zero-order valence-electron chi connectivity index (χ0n) is 14.2. The number of tetrazole rings is 1. The molecule has 3 aromatic rings. The minimum atomic E-state index is -0.179. The van der Waals surface area contributed by atoms with Gasteiger partial charge in [-0.3, -0.25) is 4.79 Å². The van der Waals surface area contributed by atoms with Crippen molar-refractivity contribution in [2.75, 3.05) is 0 Å². The molecule has 0 aliphatic carbocycles. The van der Waals surface area contributed by atoms with Gasteiger partial charge >= 0.3 is 0 Å². The van der Waals surface area contributed by atoms with E-state index in [0.29, 0.717) is 16.6 Å². The average molecular weight is 372 g/mol. The summed E-state index contributed by atoms with van der Waals surface area (Å²) in [7, 11) is 0. The molecule has 1 unspecified atom stereocenters. The van der Waals surface area contributed by atoms with Gasteiger partial charge in [-0.15, -0.1) is 5.10 Å². The van der Waals surface area contributed by atoms with Gasteiger partial charge in [-0.05, 0) is 47.2 Å². The Labute approximate surface area is 155 Å². The number of rotatable bonds is 7. The summed E-state index contributed by atoms with van der Waals surface area (Å²) in [6.45, 7) is 2.09. The monoisotopic (exact) mass is 371 g/mol. The molecule has 1 aromatic heterocycles. The number of halogens is 1. The largest absolute Gasteiger partial charge is 0.486 e. The first-order valence-electron chi connectivity index (χ1n) is 8.09. The van der Waals surface area contributed by atoms with Crippen LogP contribution in [0, 0.1) is 0 Å². The molecule has 0 fully saturated rings. The second-order valence-corrected chi connectivity index (χ2v) is 6.13. The van der Waals surface area contributed by atoms with Crippen LogP contribution in [0.5, 0.6) is 5.75 Å². The van der Waals surface area contributed by atoms with Crippen LogP contribution < -0.4 is 10.1 Å². The van der Waals surface area contributed by atoms with Crippen molar-refractivity contribution in [2.45, 2.75) is 26.1 Å². The fraction of sp³-hybridized carbons (Fsp3) is 0.222. The number of nitrogens with zero attached hydrogens (tertiary/aromatic N) is 4. The van der Waals surface area contributed by atoms with Crippen molar-refractivity contribution in [3.63, 3.8) is 0 Å². The number of aromatic nitrogens is 4. The highest BCUT2D eigenvalue weighted by Gasteiger charge is 2.14. The number of hydrogen-bond acceptors (Lipinski definition) is 5. The molecule has 0 radical (unpaired) electrons. The SMILES string of the molecule is CC(NC(=O)Cn1nnnc1COc1ccc(Cl)cc1)c1ccccc1. The van der Waals surface area contributed by atoms with Crippen molar-refractivity contribution < 1.29 is 9.53 Å². The van der Waals surface area contributed by atoms with Crippen LogP contribution in [0.15, 0.2) is 54.6 Å². The maximum Gasteiger partial charge on any atom is 0.242 e. The Morgan fingerprint density at radius 2 is 1.92 bits per heavy atom. The Morgan fingerprint density at radius 1 is 1.19 bits per heavy atom. The Hall–Kier alpha value is -2.93. The molecule has 3 rings (SSSR count). The molecule has 1 atom stereocenters. The van der Waals surface area contributed by atoms with Crippen molar-refractivity contribution in [1.82, 2.24) is 25.5 Å². The van der Waals surface area contributed by atoms with Gasteiger partial charge in [0.25, 0.3) is 0 Å². The molecule has 7 nitrogen and oxygen atoms in total. The predicted molar refractivity (Wildman–Crippen MR) is 96.6 cm³/mol. The highest BCUT2D eigenvalue weighted by atomic mass is 35.5. The molecular weight excluding hydrogens is 354 g/mol. The highest BCUT2D eigenvalue weighted by molar-refractivity contribution is 6.30. The maximum absolute atomic E-state index is 12.3. The fourth-order valence-electron chi connectivity index (χ4n) is 2.38. The lowest BCUT2D eigenvalue weighted by molar-refractivity contribution is -0.122. The number of ether oxygens (including phenoxy) is 1. The number of benzene rings is 2. The zero-order chi connectivity index (χ0) is 18.4. The van der Waals surface area contributed by atoms with E-state index >= 15 is 0 Å². The van der Waals surface area contributed by atoms with E-state index in [4.69, 9.17) is 16.3 Å². The van der Waals surface area contributed by atoms with Gasteiger partial charge in [0, 0.05) is 5.02 Å². The minimum absolute atomic E-state index is 0.0173. The molecule has 26 heavy (non-hydrogen) atoms. The van der Waals surface area contributed by atoms with Gasteiger partial charge < -0.3 is 10.1 Å². The van der Waals surface area contributed by atoms with Crippen LogP contribution in [0.1, 0.15) is 24.4 Å². The number of nitrogens with one attached hydrogen (secondary N) is 1. The van der Waals surface area contributed by atoms with Gasteiger partial charge in [0.15, 0.2) is 5.82 Å². The summed E-state index contributed by atoms with van der Waals surface area (Å²) >= 11 is 5.84. The van der Waals surface area contributed by atoms with Gasteiger partial charge in [-0.2, -0.15) is 0 Å².